The van der Waals surface area contributed by atoms with Gasteiger partial charge >= 0.3 is 0 Å². The first-order chi connectivity index (χ1) is 12.9. The van der Waals surface area contributed by atoms with E-state index < -0.39 is 16.9 Å². The summed E-state index contributed by atoms with van der Waals surface area (Å²) in [6.45, 7) is 4.26. The number of ketones is 1. The molecule has 0 spiro atoms. The third kappa shape index (κ3) is 4.20. The van der Waals surface area contributed by atoms with Gasteiger partial charge in [-0.05, 0) is 56.3 Å². The van der Waals surface area contributed by atoms with E-state index in [0.717, 1.165) is 17.7 Å². The lowest BCUT2D eigenvalue weighted by atomic mass is 10.1. The summed E-state index contributed by atoms with van der Waals surface area (Å²) in [5.74, 6) is -1.66. The minimum Gasteiger partial charge on any atom is -0.302 e. The second-order valence-corrected chi connectivity index (χ2v) is 7.55. The molecule has 0 amide bonds. The number of hydrogen-bond donors (Lipinski definition) is 0. The van der Waals surface area contributed by atoms with Crippen molar-refractivity contribution in [2.45, 2.75) is 30.8 Å². The number of benzene rings is 2. The van der Waals surface area contributed by atoms with Crippen LogP contribution in [0.25, 0.3) is 11.4 Å². The van der Waals surface area contributed by atoms with Gasteiger partial charge in [-0.2, -0.15) is 0 Å². The Hall–Kier alpha value is -2.25. The number of Topliss-reactive ketones (excluding diaryl/α,β-unsaturated/α-hetero) is 1. The van der Waals surface area contributed by atoms with Gasteiger partial charge in [0, 0.05) is 22.7 Å². The van der Waals surface area contributed by atoms with Crippen LogP contribution < -0.4 is 0 Å². The summed E-state index contributed by atoms with van der Waals surface area (Å²) in [5, 5.41) is 9.08. The summed E-state index contributed by atoms with van der Waals surface area (Å²) < 4.78 is 28.4. The summed E-state index contributed by atoms with van der Waals surface area (Å²) in [4.78, 5) is 12.5. The quantitative estimate of drug-likeness (QED) is 0.413. The van der Waals surface area contributed by atoms with Crippen LogP contribution in [0, 0.1) is 11.6 Å². The van der Waals surface area contributed by atoms with Gasteiger partial charge in [0.1, 0.15) is 0 Å². The van der Waals surface area contributed by atoms with Crippen LogP contribution in [0.1, 0.15) is 24.2 Å². The monoisotopic (exact) mass is 407 g/mol. The molecule has 1 aromatic heterocycles. The molecule has 0 N–H and O–H groups in total. The largest absolute Gasteiger partial charge is 0.302 e. The van der Waals surface area contributed by atoms with Gasteiger partial charge in [-0.25, -0.2) is 8.78 Å². The maximum Gasteiger partial charge on any atom is 0.192 e. The topological polar surface area (TPSA) is 47.8 Å². The molecule has 0 aliphatic heterocycles. The number of carbonyl (C=O) groups is 1. The van der Waals surface area contributed by atoms with Crippen molar-refractivity contribution in [1.82, 2.24) is 14.8 Å². The fourth-order valence-electron chi connectivity index (χ4n) is 2.57. The SMILES string of the molecule is CCn1c(S[C@H](C)C(=O)c2ccc(F)c(F)c2)nnc1-c1ccc(Cl)cc1. The van der Waals surface area contributed by atoms with Crippen LogP contribution in [0.15, 0.2) is 47.6 Å². The third-order valence-electron chi connectivity index (χ3n) is 3.99. The van der Waals surface area contributed by atoms with E-state index in [1.807, 2.05) is 23.6 Å². The van der Waals surface area contributed by atoms with Gasteiger partial charge in [0.25, 0.3) is 0 Å². The van der Waals surface area contributed by atoms with Crippen LogP contribution in [-0.2, 0) is 6.54 Å². The molecule has 0 radical (unpaired) electrons. The lowest BCUT2D eigenvalue weighted by Crippen LogP contribution is -2.15. The Labute approximate surface area is 164 Å². The number of halogens is 3. The zero-order valence-electron chi connectivity index (χ0n) is 14.6. The molecular formula is C19H16ClF2N3OS. The number of nitrogens with zero attached hydrogens (tertiary/aromatic N) is 3. The van der Waals surface area contributed by atoms with Gasteiger partial charge in [-0.15, -0.1) is 10.2 Å². The van der Waals surface area contributed by atoms with Crippen molar-refractivity contribution in [2.75, 3.05) is 0 Å². The van der Waals surface area contributed by atoms with Gasteiger partial charge in [0.15, 0.2) is 28.4 Å². The first kappa shape index (κ1) is 19.5. The third-order valence-corrected chi connectivity index (χ3v) is 5.32. The Morgan fingerprint density at radius 1 is 1.15 bits per heavy atom. The minimum absolute atomic E-state index is 0.120. The average Bonchev–Trinajstić information content (AvgIpc) is 3.06. The molecule has 0 unspecified atom stereocenters. The molecule has 27 heavy (non-hydrogen) atoms. The second kappa shape index (κ2) is 8.19. The first-order valence-electron chi connectivity index (χ1n) is 8.25. The molecule has 0 aliphatic rings. The van der Waals surface area contributed by atoms with Gasteiger partial charge in [-0.1, -0.05) is 23.4 Å². The highest BCUT2D eigenvalue weighted by Crippen LogP contribution is 2.29. The fourth-order valence-corrected chi connectivity index (χ4v) is 3.69. The predicted octanol–water partition coefficient (Wildman–Crippen LogP) is 5.26. The van der Waals surface area contributed by atoms with E-state index in [1.54, 1.807) is 19.1 Å². The number of thioether (sulfide) groups is 1. The van der Waals surface area contributed by atoms with E-state index in [0.29, 0.717) is 22.5 Å². The van der Waals surface area contributed by atoms with Crippen molar-refractivity contribution >= 4 is 29.1 Å². The maximum absolute atomic E-state index is 13.4. The molecule has 0 fully saturated rings. The van der Waals surface area contributed by atoms with E-state index in [2.05, 4.69) is 10.2 Å². The fraction of sp³-hybridized carbons (Fsp3) is 0.211. The Morgan fingerprint density at radius 3 is 2.48 bits per heavy atom. The number of aromatic nitrogens is 3. The highest BCUT2D eigenvalue weighted by atomic mass is 35.5. The maximum atomic E-state index is 13.4. The summed E-state index contributed by atoms with van der Waals surface area (Å²) in [6, 6.07) is 10.4. The van der Waals surface area contributed by atoms with Gasteiger partial charge < -0.3 is 4.57 Å². The summed E-state index contributed by atoms with van der Waals surface area (Å²) >= 11 is 7.15. The van der Waals surface area contributed by atoms with E-state index in [-0.39, 0.29) is 11.3 Å². The molecule has 3 rings (SSSR count). The Morgan fingerprint density at radius 2 is 1.85 bits per heavy atom. The number of rotatable bonds is 6. The molecule has 0 saturated heterocycles. The van der Waals surface area contributed by atoms with Crippen LogP contribution in [0.2, 0.25) is 5.02 Å². The van der Waals surface area contributed by atoms with Crippen molar-refractivity contribution in [3.05, 3.63) is 64.7 Å². The summed E-state index contributed by atoms with van der Waals surface area (Å²) in [5.41, 5.74) is 0.981. The Balaban J connectivity index is 1.83. The van der Waals surface area contributed by atoms with Crippen LogP contribution in [0.5, 0.6) is 0 Å². The van der Waals surface area contributed by atoms with Crippen molar-refractivity contribution in [3.8, 4) is 11.4 Å². The highest BCUT2D eigenvalue weighted by molar-refractivity contribution is 8.00. The molecular weight excluding hydrogens is 392 g/mol. The zero-order chi connectivity index (χ0) is 19.6. The van der Waals surface area contributed by atoms with Crippen LogP contribution in [0.3, 0.4) is 0 Å². The first-order valence-corrected chi connectivity index (χ1v) is 9.51. The normalized spacial score (nSPS) is 12.2. The lowest BCUT2D eigenvalue weighted by Gasteiger charge is -2.12. The minimum atomic E-state index is -1.04. The van der Waals surface area contributed by atoms with Gasteiger partial charge in [0.05, 0.1) is 5.25 Å². The smallest absolute Gasteiger partial charge is 0.192 e. The summed E-state index contributed by atoms with van der Waals surface area (Å²) in [6.07, 6.45) is 0. The van der Waals surface area contributed by atoms with E-state index in [1.165, 1.54) is 17.8 Å². The molecule has 1 heterocycles. The molecule has 1 atom stereocenters. The van der Waals surface area contributed by atoms with E-state index in [9.17, 15) is 13.6 Å². The van der Waals surface area contributed by atoms with E-state index >= 15 is 0 Å². The Kier molecular flexibility index (Phi) is 5.92. The zero-order valence-corrected chi connectivity index (χ0v) is 16.2. The second-order valence-electron chi connectivity index (χ2n) is 5.81. The van der Waals surface area contributed by atoms with E-state index in [4.69, 9.17) is 11.6 Å². The van der Waals surface area contributed by atoms with Crippen LogP contribution >= 0.6 is 23.4 Å². The molecule has 0 saturated carbocycles. The lowest BCUT2D eigenvalue weighted by molar-refractivity contribution is 0.0993. The Bertz CT molecular complexity index is 976. The number of carbonyl (C=O) groups excluding carboxylic acids is 1. The highest BCUT2D eigenvalue weighted by Gasteiger charge is 2.22. The molecule has 0 aliphatic carbocycles. The van der Waals surface area contributed by atoms with Gasteiger partial charge in [0.2, 0.25) is 0 Å². The van der Waals surface area contributed by atoms with Crippen molar-refractivity contribution in [3.63, 3.8) is 0 Å². The van der Waals surface area contributed by atoms with Crippen molar-refractivity contribution in [2.24, 2.45) is 0 Å². The summed E-state index contributed by atoms with van der Waals surface area (Å²) in [7, 11) is 0. The molecule has 2 aromatic carbocycles. The molecule has 3 aromatic rings. The predicted molar refractivity (Wildman–Crippen MR) is 102 cm³/mol. The molecule has 140 valence electrons. The molecule has 4 nitrogen and oxygen atoms in total. The molecule has 8 heteroatoms. The average molecular weight is 408 g/mol. The molecule has 0 bridgehead atoms. The number of hydrogen-bond acceptors (Lipinski definition) is 4. The van der Waals surface area contributed by atoms with Gasteiger partial charge in [-0.3, -0.25) is 4.79 Å². The van der Waals surface area contributed by atoms with Crippen LogP contribution in [0.4, 0.5) is 8.78 Å². The standard InChI is InChI=1S/C19H16ClF2N3OS/c1-3-25-18(12-4-7-14(20)8-5-12)23-24-19(25)27-11(2)17(26)13-6-9-15(21)16(22)10-13/h4-11H,3H2,1-2H3/t11-/m1/s1. The van der Waals surface area contributed by atoms with Crippen molar-refractivity contribution in [1.29, 1.82) is 0 Å². The van der Waals surface area contributed by atoms with Crippen LogP contribution in [-0.4, -0.2) is 25.8 Å². The van der Waals surface area contributed by atoms with Crippen molar-refractivity contribution < 1.29 is 13.6 Å².